The number of nitrogens with one attached hydrogen (secondary N) is 1. The van der Waals surface area contributed by atoms with E-state index in [4.69, 9.17) is 11.6 Å². The number of halogens is 1. The minimum absolute atomic E-state index is 0.139. The van der Waals surface area contributed by atoms with Crippen molar-refractivity contribution in [2.45, 2.75) is 11.4 Å². The first-order chi connectivity index (χ1) is 14.4. The number of hydrogen-bond donors (Lipinski definition) is 1. The zero-order chi connectivity index (χ0) is 21.1. The van der Waals surface area contributed by atoms with Gasteiger partial charge in [0.1, 0.15) is 16.7 Å². The molecule has 0 aliphatic heterocycles. The normalized spacial score (nSPS) is 11.7. The minimum atomic E-state index is -3.79. The molecular formula is C20H17ClN6O2S. The van der Waals surface area contributed by atoms with Crippen molar-refractivity contribution in [2.24, 2.45) is 0 Å². The van der Waals surface area contributed by atoms with Crippen LogP contribution in [0.1, 0.15) is 5.56 Å². The third kappa shape index (κ3) is 4.09. The maximum Gasteiger partial charge on any atom is 0.245 e. The van der Waals surface area contributed by atoms with Crippen LogP contribution in [0.15, 0.2) is 72.4 Å². The molecule has 10 heteroatoms. The highest BCUT2D eigenvalue weighted by Crippen LogP contribution is 2.31. The summed E-state index contributed by atoms with van der Waals surface area (Å²) in [6, 6.07) is 10.1. The first-order valence-corrected chi connectivity index (χ1v) is 10.7. The second-order valence-corrected chi connectivity index (χ2v) is 8.93. The number of rotatable bonds is 6. The lowest BCUT2D eigenvalue weighted by Gasteiger charge is -2.20. The van der Waals surface area contributed by atoms with Crippen LogP contribution in [-0.4, -0.2) is 39.7 Å². The Morgan fingerprint density at radius 3 is 2.60 bits per heavy atom. The van der Waals surface area contributed by atoms with Gasteiger partial charge < -0.3 is 5.32 Å². The van der Waals surface area contributed by atoms with E-state index in [1.165, 1.54) is 17.7 Å². The number of nitrogens with zero attached hydrogens (tertiary/aromatic N) is 5. The molecule has 8 nitrogen and oxygen atoms in total. The Labute approximate surface area is 178 Å². The van der Waals surface area contributed by atoms with Crippen molar-refractivity contribution in [3.05, 3.63) is 78.1 Å². The number of anilines is 2. The highest BCUT2D eigenvalue weighted by atomic mass is 35.5. The quantitative estimate of drug-likeness (QED) is 0.488. The van der Waals surface area contributed by atoms with Gasteiger partial charge in [-0.05, 0) is 24.3 Å². The second-order valence-electron chi connectivity index (χ2n) is 6.51. The van der Waals surface area contributed by atoms with Crippen molar-refractivity contribution < 1.29 is 8.42 Å². The van der Waals surface area contributed by atoms with Crippen LogP contribution in [0.25, 0.3) is 11.0 Å². The Morgan fingerprint density at radius 2 is 1.80 bits per heavy atom. The van der Waals surface area contributed by atoms with Crippen LogP contribution < -0.4 is 5.32 Å². The fraction of sp³-hybridized carbons (Fsp3) is 0.100. The van der Waals surface area contributed by atoms with Gasteiger partial charge in [-0.1, -0.05) is 23.7 Å². The van der Waals surface area contributed by atoms with Crippen molar-refractivity contribution in [1.29, 1.82) is 0 Å². The monoisotopic (exact) mass is 440 g/mol. The smallest absolute Gasteiger partial charge is 0.245 e. The predicted octanol–water partition coefficient (Wildman–Crippen LogP) is 3.64. The second kappa shape index (κ2) is 8.31. The number of fused-ring (bicyclic) bond motifs is 1. The third-order valence-corrected chi connectivity index (χ3v) is 6.55. The molecule has 0 amide bonds. The maximum absolute atomic E-state index is 13.2. The lowest BCUT2D eigenvalue weighted by molar-refractivity contribution is 0.466. The summed E-state index contributed by atoms with van der Waals surface area (Å²) < 4.78 is 27.7. The number of para-hydroxylation sites is 1. The summed E-state index contributed by atoms with van der Waals surface area (Å²) in [6.45, 7) is 0.148. The topological polar surface area (TPSA) is 101 Å². The molecule has 4 rings (SSSR count). The third-order valence-electron chi connectivity index (χ3n) is 4.40. The molecule has 0 spiro atoms. The van der Waals surface area contributed by atoms with Gasteiger partial charge in [0.15, 0.2) is 0 Å². The van der Waals surface area contributed by atoms with E-state index in [-0.39, 0.29) is 11.4 Å². The van der Waals surface area contributed by atoms with Crippen LogP contribution in [0, 0.1) is 0 Å². The lowest BCUT2D eigenvalue weighted by Crippen LogP contribution is -2.27. The molecule has 1 N–H and O–H groups in total. The van der Waals surface area contributed by atoms with Gasteiger partial charge in [-0.2, -0.15) is 4.31 Å². The molecule has 152 valence electrons. The minimum Gasteiger partial charge on any atom is -0.354 e. The Morgan fingerprint density at radius 1 is 1.07 bits per heavy atom. The molecule has 2 aromatic carbocycles. The summed E-state index contributed by atoms with van der Waals surface area (Å²) in [5, 5.41) is 3.57. The molecule has 0 bridgehead atoms. The van der Waals surface area contributed by atoms with E-state index in [1.54, 1.807) is 61.2 Å². The summed E-state index contributed by atoms with van der Waals surface area (Å²) >= 11 is 6.32. The largest absolute Gasteiger partial charge is 0.354 e. The van der Waals surface area contributed by atoms with E-state index >= 15 is 0 Å². The average molecular weight is 441 g/mol. The number of aromatic nitrogens is 4. The molecule has 0 aliphatic rings. The van der Waals surface area contributed by atoms with Crippen molar-refractivity contribution in [3.8, 4) is 0 Å². The van der Waals surface area contributed by atoms with Crippen LogP contribution in [0.2, 0.25) is 5.02 Å². The maximum atomic E-state index is 13.2. The average Bonchev–Trinajstić information content (AvgIpc) is 2.75. The van der Waals surface area contributed by atoms with E-state index in [1.807, 2.05) is 0 Å². The Hall–Kier alpha value is -3.14. The van der Waals surface area contributed by atoms with Crippen molar-refractivity contribution in [1.82, 2.24) is 24.2 Å². The van der Waals surface area contributed by atoms with E-state index in [9.17, 15) is 8.42 Å². The van der Waals surface area contributed by atoms with Crippen LogP contribution >= 0.6 is 11.6 Å². The molecule has 0 radical (unpaired) electrons. The Balaban J connectivity index is 1.67. The Kier molecular flexibility index (Phi) is 5.58. The van der Waals surface area contributed by atoms with Crippen LogP contribution in [0.3, 0.4) is 0 Å². The molecule has 0 aliphatic carbocycles. The van der Waals surface area contributed by atoms with E-state index in [2.05, 4.69) is 25.3 Å². The van der Waals surface area contributed by atoms with E-state index < -0.39 is 10.0 Å². The summed E-state index contributed by atoms with van der Waals surface area (Å²) in [6.07, 6.45) is 7.71. The van der Waals surface area contributed by atoms with Gasteiger partial charge in [-0.15, -0.1) is 0 Å². The lowest BCUT2D eigenvalue weighted by atomic mass is 10.2. The number of benzene rings is 2. The highest BCUT2D eigenvalue weighted by molar-refractivity contribution is 7.89. The molecule has 2 aromatic heterocycles. The zero-order valence-corrected chi connectivity index (χ0v) is 17.5. The molecule has 0 saturated carbocycles. The van der Waals surface area contributed by atoms with Crippen LogP contribution in [0.4, 0.5) is 11.4 Å². The molecule has 0 unspecified atom stereocenters. The summed E-state index contributed by atoms with van der Waals surface area (Å²) in [7, 11) is -2.27. The molecule has 2 heterocycles. The van der Waals surface area contributed by atoms with Gasteiger partial charge in [0, 0.05) is 49.6 Å². The summed E-state index contributed by atoms with van der Waals surface area (Å²) in [5.41, 5.74) is 2.90. The van der Waals surface area contributed by atoms with Crippen molar-refractivity contribution >= 4 is 44.0 Å². The van der Waals surface area contributed by atoms with Gasteiger partial charge in [0.25, 0.3) is 0 Å². The Bertz CT molecular complexity index is 1300. The van der Waals surface area contributed by atoms with Gasteiger partial charge in [0.05, 0.1) is 16.2 Å². The fourth-order valence-corrected chi connectivity index (χ4v) is 4.54. The van der Waals surface area contributed by atoms with Crippen LogP contribution in [-0.2, 0) is 16.6 Å². The molecule has 30 heavy (non-hydrogen) atoms. The van der Waals surface area contributed by atoms with Crippen LogP contribution in [0.5, 0.6) is 0 Å². The van der Waals surface area contributed by atoms with Crippen molar-refractivity contribution in [2.75, 3.05) is 12.4 Å². The van der Waals surface area contributed by atoms with E-state index in [0.717, 1.165) is 0 Å². The number of sulfonamides is 1. The van der Waals surface area contributed by atoms with Crippen molar-refractivity contribution in [3.63, 3.8) is 0 Å². The molecule has 0 saturated heterocycles. The number of hydrogen-bond acceptors (Lipinski definition) is 7. The highest BCUT2D eigenvalue weighted by Gasteiger charge is 2.24. The van der Waals surface area contributed by atoms with Gasteiger partial charge in [0.2, 0.25) is 10.0 Å². The molecular weight excluding hydrogens is 424 g/mol. The molecule has 4 aromatic rings. The first-order valence-electron chi connectivity index (χ1n) is 8.92. The summed E-state index contributed by atoms with van der Waals surface area (Å²) in [4.78, 5) is 16.5. The molecule has 0 fully saturated rings. The van der Waals surface area contributed by atoms with Gasteiger partial charge in [-0.3, -0.25) is 9.97 Å². The van der Waals surface area contributed by atoms with Gasteiger partial charge >= 0.3 is 0 Å². The van der Waals surface area contributed by atoms with Gasteiger partial charge in [-0.25, -0.2) is 18.4 Å². The standard InChI is InChI=1S/C20H17ClN6O2S/c1-27(12-14-10-22-13-23-11-14)30(28,29)19-5-3-2-4-17(19)26-15-8-16(21)20-18(9-15)24-6-7-25-20/h2-11,13,26H,12H2,1H3. The SMILES string of the molecule is CN(Cc1cncnc1)S(=O)(=O)c1ccccc1Nc1cc(Cl)c2nccnc2c1. The van der Waals surface area contributed by atoms with E-state index in [0.29, 0.717) is 33.0 Å². The zero-order valence-electron chi connectivity index (χ0n) is 15.9. The molecule has 0 atom stereocenters. The first kappa shape index (κ1) is 20.1. The summed E-state index contributed by atoms with van der Waals surface area (Å²) in [5.74, 6) is 0. The predicted molar refractivity (Wildman–Crippen MR) is 115 cm³/mol. The fourth-order valence-electron chi connectivity index (χ4n) is 2.98.